The van der Waals surface area contributed by atoms with Crippen LogP contribution in [0.2, 0.25) is 0 Å². The van der Waals surface area contributed by atoms with E-state index < -0.39 is 11.9 Å². The lowest BCUT2D eigenvalue weighted by molar-refractivity contribution is -0.157. The highest BCUT2D eigenvalue weighted by Crippen LogP contribution is 2.10. The molecule has 0 radical (unpaired) electrons. The minimum atomic E-state index is -0.479. The molecule has 22 heavy (non-hydrogen) atoms. The first kappa shape index (κ1) is 20.9. The Morgan fingerprint density at radius 3 is 2.09 bits per heavy atom. The van der Waals surface area contributed by atoms with Gasteiger partial charge in [-0.1, -0.05) is 58.8 Å². The van der Waals surface area contributed by atoms with Crippen LogP contribution in [0.15, 0.2) is 0 Å². The number of esters is 2. The van der Waals surface area contributed by atoms with Gasteiger partial charge in [0, 0.05) is 0 Å². The number of ether oxygens (including phenoxy) is 2. The van der Waals surface area contributed by atoms with E-state index in [1.54, 1.807) is 0 Å². The Bertz CT molecular complexity index is 289. The van der Waals surface area contributed by atoms with E-state index in [9.17, 15) is 9.59 Å². The van der Waals surface area contributed by atoms with E-state index in [0.717, 1.165) is 32.1 Å². The van der Waals surface area contributed by atoms with Crippen molar-refractivity contribution in [1.82, 2.24) is 0 Å². The second kappa shape index (κ2) is 14.9. The predicted octanol–water partition coefficient (Wildman–Crippen LogP) is 4.79. The molecule has 0 rings (SSSR count). The molecule has 1 unspecified atom stereocenters. The van der Waals surface area contributed by atoms with Crippen LogP contribution in [0, 0.1) is 0 Å². The van der Waals surface area contributed by atoms with Crippen molar-refractivity contribution in [2.75, 3.05) is 6.61 Å². The van der Waals surface area contributed by atoms with Gasteiger partial charge in [-0.3, -0.25) is 9.59 Å². The van der Waals surface area contributed by atoms with Crippen molar-refractivity contribution < 1.29 is 19.1 Å². The molecule has 0 N–H and O–H groups in total. The molecule has 0 aliphatic carbocycles. The summed E-state index contributed by atoms with van der Waals surface area (Å²) in [5.41, 5.74) is 0. The first-order valence-electron chi connectivity index (χ1n) is 8.95. The molecule has 0 amide bonds. The van der Waals surface area contributed by atoms with Gasteiger partial charge in [0.1, 0.15) is 6.42 Å². The van der Waals surface area contributed by atoms with Gasteiger partial charge in [0.05, 0.1) is 12.7 Å². The standard InChI is InChI=1S/C18H34O4/c1-4-6-8-9-10-11-13-16(3)22-18(20)15-17(19)21-14-12-7-5-2/h16H,4-15H2,1-3H3. The number of carbonyl (C=O) groups is 2. The molecule has 0 spiro atoms. The van der Waals surface area contributed by atoms with Crippen LogP contribution in [0.25, 0.3) is 0 Å². The van der Waals surface area contributed by atoms with Gasteiger partial charge >= 0.3 is 11.9 Å². The van der Waals surface area contributed by atoms with E-state index in [1.165, 1.54) is 32.1 Å². The van der Waals surface area contributed by atoms with Gasteiger partial charge in [0.15, 0.2) is 0 Å². The Morgan fingerprint density at radius 2 is 1.41 bits per heavy atom. The molecule has 4 heteroatoms. The largest absolute Gasteiger partial charge is 0.465 e. The maximum Gasteiger partial charge on any atom is 0.317 e. The van der Waals surface area contributed by atoms with Gasteiger partial charge in [-0.05, 0) is 26.2 Å². The molecule has 0 aromatic heterocycles. The average Bonchev–Trinajstić information content (AvgIpc) is 2.47. The Labute approximate surface area is 135 Å². The Morgan fingerprint density at radius 1 is 0.818 bits per heavy atom. The first-order chi connectivity index (χ1) is 10.6. The van der Waals surface area contributed by atoms with Crippen LogP contribution in [0.5, 0.6) is 0 Å². The summed E-state index contributed by atoms with van der Waals surface area (Å²) < 4.78 is 10.2. The topological polar surface area (TPSA) is 52.6 Å². The van der Waals surface area contributed by atoms with E-state index >= 15 is 0 Å². The zero-order valence-corrected chi connectivity index (χ0v) is 14.7. The molecule has 0 saturated heterocycles. The lowest BCUT2D eigenvalue weighted by Crippen LogP contribution is -2.19. The zero-order valence-electron chi connectivity index (χ0n) is 14.7. The fourth-order valence-electron chi connectivity index (χ4n) is 2.24. The molecule has 0 fully saturated rings. The molecule has 4 nitrogen and oxygen atoms in total. The molecule has 1 atom stereocenters. The lowest BCUT2D eigenvalue weighted by Gasteiger charge is -2.13. The Kier molecular flexibility index (Phi) is 14.1. The van der Waals surface area contributed by atoms with E-state index in [-0.39, 0.29) is 12.5 Å². The van der Waals surface area contributed by atoms with E-state index in [0.29, 0.717) is 6.61 Å². The zero-order chi connectivity index (χ0) is 16.6. The number of rotatable bonds is 14. The summed E-state index contributed by atoms with van der Waals surface area (Å²) in [6, 6.07) is 0. The molecule has 0 bridgehead atoms. The molecular weight excluding hydrogens is 280 g/mol. The summed E-state index contributed by atoms with van der Waals surface area (Å²) in [6.07, 6.45) is 10.8. The van der Waals surface area contributed by atoms with Crippen molar-refractivity contribution in [3.05, 3.63) is 0 Å². The molecular formula is C18H34O4. The minimum Gasteiger partial charge on any atom is -0.465 e. The highest BCUT2D eigenvalue weighted by Gasteiger charge is 2.14. The Balaban J connectivity index is 3.57. The third-order valence-electron chi connectivity index (χ3n) is 3.60. The molecule has 0 aromatic rings. The van der Waals surface area contributed by atoms with Gasteiger partial charge in [0.25, 0.3) is 0 Å². The van der Waals surface area contributed by atoms with Crippen LogP contribution in [-0.2, 0) is 19.1 Å². The number of unbranched alkanes of at least 4 members (excludes halogenated alkanes) is 7. The van der Waals surface area contributed by atoms with Crippen molar-refractivity contribution in [2.24, 2.45) is 0 Å². The highest BCUT2D eigenvalue weighted by atomic mass is 16.6. The van der Waals surface area contributed by atoms with Crippen LogP contribution in [0.4, 0.5) is 0 Å². The third kappa shape index (κ3) is 13.9. The molecule has 0 saturated carbocycles. The number of carbonyl (C=O) groups excluding carboxylic acids is 2. The number of hydrogen-bond donors (Lipinski definition) is 0. The molecule has 130 valence electrons. The second-order valence-electron chi connectivity index (χ2n) is 5.96. The summed E-state index contributed by atoms with van der Waals surface area (Å²) in [7, 11) is 0. The molecule has 0 aliphatic heterocycles. The summed E-state index contributed by atoms with van der Waals surface area (Å²) in [5, 5.41) is 0. The molecule has 0 heterocycles. The second-order valence-corrected chi connectivity index (χ2v) is 5.96. The van der Waals surface area contributed by atoms with Crippen molar-refractivity contribution >= 4 is 11.9 Å². The smallest absolute Gasteiger partial charge is 0.317 e. The van der Waals surface area contributed by atoms with E-state index in [4.69, 9.17) is 9.47 Å². The van der Waals surface area contributed by atoms with Gasteiger partial charge in [-0.25, -0.2) is 0 Å². The van der Waals surface area contributed by atoms with Crippen LogP contribution in [0.3, 0.4) is 0 Å². The highest BCUT2D eigenvalue weighted by molar-refractivity contribution is 5.91. The first-order valence-corrected chi connectivity index (χ1v) is 8.95. The van der Waals surface area contributed by atoms with E-state index in [2.05, 4.69) is 13.8 Å². The summed E-state index contributed by atoms with van der Waals surface area (Å²) >= 11 is 0. The maximum absolute atomic E-state index is 11.6. The van der Waals surface area contributed by atoms with E-state index in [1.807, 2.05) is 6.92 Å². The van der Waals surface area contributed by atoms with Crippen molar-refractivity contribution in [1.29, 1.82) is 0 Å². The van der Waals surface area contributed by atoms with Crippen LogP contribution >= 0.6 is 0 Å². The Hall–Kier alpha value is -1.06. The third-order valence-corrected chi connectivity index (χ3v) is 3.60. The van der Waals surface area contributed by atoms with Crippen LogP contribution in [0.1, 0.15) is 91.4 Å². The van der Waals surface area contributed by atoms with Crippen molar-refractivity contribution in [2.45, 2.75) is 97.5 Å². The fourth-order valence-corrected chi connectivity index (χ4v) is 2.24. The lowest BCUT2D eigenvalue weighted by atomic mass is 10.1. The van der Waals surface area contributed by atoms with Gasteiger partial charge in [0.2, 0.25) is 0 Å². The monoisotopic (exact) mass is 314 g/mol. The van der Waals surface area contributed by atoms with Crippen molar-refractivity contribution in [3.8, 4) is 0 Å². The van der Waals surface area contributed by atoms with Gasteiger partial charge in [-0.15, -0.1) is 0 Å². The van der Waals surface area contributed by atoms with Gasteiger partial charge < -0.3 is 9.47 Å². The number of hydrogen-bond acceptors (Lipinski definition) is 4. The summed E-state index contributed by atoms with van der Waals surface area (Å²) in [6.45, 7) is 6.57. The normalized spacial score (nSPS) is 12.0. The van der Waals surface area contributed by atoms with Crippen molar-refractivity contribution in [3.63, 3.8) is 0 Å². The van der Waals surface area contributed by atoms with Crippen LogP contribution < -0.4 is 0 Å². The maximum atomic E-state index is 11.6. The molecule has 0 aromatic carbocycles. The summed E-state index contributed by atoms with van der Waals surface area (Å²) in [4.78, 5) is 23.0. The fraction of sp³-hybridized carbons (Fsp3) is 0.889. The predicted molar refractivity (Wildman–Crippen MR) is 88.6 cm³/mol. The van der Waals surface area contributed by atoms with Gasteiger partial charge in [-0.2, -0.15) is 0 Å². The minimum absolute atomic E-state index is 0.119. The summed E-state index contributed by atoms with van der Waals surface area (Å²) in [5.74, 6) is -0.952. The average molecular weight is 314 g/mol. The molecule has 0 aliphatic rings. The quantitative estimate of drug-likeness (QED) is 0.263. The van der Waals surface area contributed by atoms with Crippen LogP contribution in [-0.4, -0.2) is 24.6 Å². The SMILES string of the molecule is CCCCCCCCC(C)OC(=O)CC(=O)OCCCCC.